The Morgan fingerprint density at radius 1 is 1.35 bits per heavy atom. The van der Waals surface area contributed by atoms with E-state index in [9.17, 15) is 8.78 Å². The second kappa shape index (κ2) is 6.10. The van der Waals surface area contributed by atoms with Crippen LogP contribution in [0.5, 0.6) is 0 Å². The van der Waals surface area contributed by atoms with Crippen molar-refractivity contribution in [3.05, 3.63) is 33.8 Å². The maximum atomic E-state index is 14.2. The molecule has 0 N–H and O–H groups in total. The van der Waals surface area contributed by atoms with Crippen molar-refractivity contribution in [3.63, 3.8) is 0 Å². The van der Waals surface area contributed by atoms with Crippen molar-refractivity contribution >= 4 is 15.9 Å². The summed E-state index contributed by atoms with van der Waals surface area (Å²) >= 11 is 3.13. The summed E-state index contributed by atoms with van der Waals surface area (Å²) in [5, 5.41) is 0. The monoisotopic (exact) mass is 346 g/mol. The molecule has 0 saturated carbocycles. The molecule has 0 radical (unpaired) electrons. The van der Waals surface area contributed by atoms with E-state index in [0.29, 0.717) is 11.1 Å². The van der Waals surface area contributed by atoms with Gasteiger partial charge >= 0.3 is 0 Å². The van der Waals surface area contributed by atoms with Crippen LogP contribution in [0.1, 0.15) is 51.5 Å². The van der Waals surface area contributed by atoms with Gasteiger partial charge in [-0.15, -0.1) is 0 Å². The molecular weight excluding hydrogens is 326 g/mol. The van der Waals surface area contributed by atoms with Gasteiger partial charge in [-0.25, -0.2) is 8.78 Å². The largest absolute Gasteiger partial charge is 0.376 e. The highest BCUT2D eigenvalue weighted by Crippen LogP contribution is 2.41. The molecule has 4 heteroatoms. The quantitative estimate of drug-likeness (QED) is 0.709. The highest BCUT2D eigenvalue weighted by atomic mass is 79.9. The fraction of sp³-hybridized carbons (Fsp3) is 0.625. The fourth-order valence-electron chi connectivity index (χ4n) is 3.30. The summed E-state index contributed by atoms with van der Waals surface area (Å²) in [4.78, 5) is 0. The summed E-state index contributed by atoms with van der Waals surface area (Å²) in [5.74, 6) is -0.735. The van der Waals surface area contributed by atoms with Crippen LogP contribution in [0.3, 0.4) is 0 Å². The lowest BCUT2D eigenvalue weighted by Crippen LogP contribution is -2.36. The predicted octanol–water partition coefficient (Wildman–Crippen LogP) is 5.43. The lowest BCUT2D eigenvalue weighted by molar-refractivity contribution is -0.0773. The summed E-state index contributed by atoms with van der Waals surface area (Å²) in [5.41, 5.74) is 0.0250. The SMILES string of the molecule is CC[C@H](c1c(F)cc(Br)cc1F)[C@H]1CCOC(C)(C)C1. The van der Waals surface area contributed by atoms with Crippen LogP contribution in [0.25, 0.3) is 0 Å². The van der Waals surface area contributed by atoms with Crippen molar-refractivity contribution in [1.82, 2.24) is 0 Å². The number of hydrogen-bond donors (Lipinski definition) is 0. The minimum atomic E-state index is -0.451. The lowest BCUT2D eigenvalue weighted by atomic mass is 9.75. The maximum absolute atomic E-state index is 14.2. The van der Waals surface area contributed by atoms with Crippen molar-refractivity contribution in [2.45, 2.75) is 51.6 Å². The summed E-state index contributed by atoms with van der Waals surface area (Å²) < 4.78 is 34.5. The molecule has 1 aromatic carbocycles. The first-order valence-corrected chi connectivity index (χ1v) is 7.91. The molecule has 0 unspecified atom stereocenters. The normalized spacial score (nSPS) is 23.6. The Labute approximate surface area is 127 Å². The fourth-order valence-corrected chi connectivity index (χ4v) is 3.71. The Balaban J connectivity index is 2.33. The molecule has 1 aliphatic heterocycles. The summed E-state index contributed by atoms with van der Waals surface area (Å²) in [7, 11) is 0. The molecule has 2 rings (SSSR count). The van der Waals surface area contributed by atoms with Gasteiger partial charge in [0.1, 0.15) is 11.6 Å². The molecule has 112 valence electrons. The maximum Gasteiger partial charge on any atom is 0.130 e. The van der Waals surface area contributed by atoms with Crippen molar-refractivity contribution in [1.29, 1.82) is 0 Å². The van der Waals surface area contributed by atoms with Crippen LogP contribution >= 0.6 is 15.9 Å². The molecule has 0 amide bonds. The molecule has 1 nitrogen and oxygen atoms in total. The first kappa shape index (κ1) is 15.9. The van der Waals surface area contributed by atoms with Gasteiger partial charge in [0.15, 0.2) is 0 Å². The van der Waals surface area contributed by atoms with E-state index in [1.807, 2.05) is 20.8 Å². The molecule has 1 aliphatic rings. The van der Waals surface area contributed by atoms with Crippen LogP contribution in [0.15, 0.2) is 16.6 Å². The van der Waals surface area contributed by atoms with Gasteiger partial charge in [-0.2, -0.15) is 0 Å². The van der Waals surface area contributed by atoms with Crippen molar-refractivity contribution in [2.75, 3.05) is 6.61 Å². The van der Waals surface area contributed by atoms with Crippen molar-refractivity contribution < 1.29 is 13.5 Å². The molecule has 1 aromatic rings. The van der Waals surface area contributed by atoms with Crippen LogP contribution in [0.2, 0.25) is 0 Å². The van der Waals surface area contributed by atoms with Crippen LogP contribution in [0, 0.1) is 17.6 Å². The van der Waals surface area contributed by atoms with E-state index in [4.69, 9.17) is 4.74 Å². The Kier molecular flexibility index (Phi) is 4.85. The van der Waals surface area contributed by atoms with Crippen LogP contribution < -0.4 is 0 Å². The zero-order valence-corrected chi connectivity index (χ0v) is 13.8. The number of hydrogen-bond acceptors (Lipinski definition) is 1. The van der Waals surface area contributed by atoms with E-state index in [1.165, 1.54) is 12.1 Å². The zero-order valence-electron chi connectivity index (χ0n) is 12.2. The third kappa shape index (κ3) is 3.40. The third-order valence-corrected chi connectivity index (χ3v) is 4.62. The Hall–Kier alpha value is -0.480. The van der Waals surface area contributed by atoms with Crippen LogP contribution in [0.4, 0.5) is 8.78 Å². The van der Waals surface area contributed by atoms with Crippen LogP contribution in [-0.2, 0) is 4.74 Å². The molecule has 0 aliphatic carbocycles. The first-order valence-electron chi connectivity index (χ1n) is 7.12. The minimum Gasteiger partial charge on any atom is -0.376 e. The number of ether oxygens (including phenoxy) is 1. The Morgan fingerprint density at radius 3 is 2.45 bits per heavy atom. The van der Waals surface area contributed by atoms with E-state index >= 15 is 0 Å². The standard InChI is InChI=1S/C16H21BrF2O/c1-4-12(10-5-6-20-16(2,3)9-10)15-13(18)7-11(17)8-14(15)19/h7-8,10,12H,4-6,9H2,1-3H3/t10-,12-/m0/s1. The molecule has 0 bridgehead atoms. The molecule has 1 fully saturated rings. The highest BCUT2D eigenvalue weighted by Gasteiger charge is 2.35. The van der Waals surface area contributed by atoms with E-state index in [2.05, 4.69) is 15.9 Å². The van der Waals surface area contributed by atoms with E-state index < -0.39 is 11.6 Å². The molecular formula is C16H21BrF2O. The van der Waals surface area contributed by atoms with Gasteiger partial charge in [-0.1, -0.05) is 22.9 Å². The second-order valence-corrected chi connectivity index (χ2v) is 7.07. The highest BCUT2D eigenvalue weighted by molar-refractivity contribution is 9.10. The molecule has 1 saturated heterocycles. The number of halogens is 3. The van der Waals surface area contributed by atoms with Gasteiger partial charge in [0.25, 0.3) is 0 Å². The Bertz CT molecular complexity index is 464. The molecule has 1 heterocycles. The minimum absolute atomic E-state index is 0.0914. The van der Waals surface area contributed by atoms with Gasteiger partial charge < -0.3 is 4.74 Å². The topological polar surface area (TPSA) is 9.23 Å². The average Bonchev–Trinajstić information content (AvgIpc) is 2.32. The van der Waals surface area contributed by atoms with Crippen molar-refractivity contribution in [3.8, 4) is 0 Å². The van der Waals surface area contributed by atoms with Gasteiger partial charge in [-0.05, 0) is 57.1 Å². The zero-order chi connectivity index (χ0) is 14.9. The number of benzene rings is 1. The summed E-state index contributed by atoms with van der Waals surface area (Å²) in [6, 6.07) is 2.71. The van der Waals surface area contributed by atoms with Gasteiger partial charge in [0, 0.05) is 16.6 Å². The average molecular weight is 347 g/mol. The summed E-state index contributed by atoms with van der Waals surface area (Å²) in [6.07, 6.45) is 2.42. The Morgan fingerprint density at radius 2 is 1.95 bits per heavy atom. The van der Waals surface area contributed by atoms with E-state index in [-0.39, 0.29) is 23.0 Å². The smallest absolute Gasteiger partial charge is 0.130 e. The predicted molar refractivity (Wildman–Crippen MR) is 79.8 cm³/mol. The first-order chi connectivity index (χ1) is 9.34. The molecule has 20 heavy (non-hydrogen) atoms. The van der Waals surface area contributed by atoms with Crippen LogP contribution in [-0.4, -0.2) is 12.2 Å². The molecule has 0 aromatic heterocycles. The van der Waals surface area contributed by atoms with Gasteiger partial charge in [0.2, 0.25) is 0 Å². The molecule has 0 spiro atoms. The lowest BCUT2D eigenvalue weighted by Gasteiger charge is -2.39. The van der Waals surface area contributed by atoms with Crippen molar-refractivity contribution in [2.24, 2.45) is 5.92 Å². The molecule has 2 atom stereocenters. The van der Waals surface area contributed by atoms with Gasteiger partial charge in [-0.3, -0.25) is 0 Å². The van der Waals surface area contributed by atoms with Gasteiger partial charge in [0.05, 0.1) is 5.60 Å². The summed E-state index contributed by atoms with van der Waals surface area (Å²) in [6.45, 7) is 6.74. The van der Waals surface area contributed by atoms with E-state index in [1.54, 1.807) is 0 Å². The van der Waals surface area contributed by atoms with E-state index in [0.717, 1.165) is 19.3 Å². The second-order valence-electron chi connectivity index (χ2n) is 6.16. The number of rotatable bonds is 3. The third-order valence-electron chi connectivity index (χ3n) is 4.16.